The van der Waals surface area contributed by atoms with E-state index in [9.17, 15) is 0 Å². The Morgan fingerprint density at radius 3 is 2.88 bits per heavy atom. The van der Waals surface area contributed by atoms with Gasteiger partial charge in [-0.25, -0.2) is 0 Å². The number of fused-ring (bicyclic) bond motifs is 1. The van der Waals surface area contributed by atoms with Gasteiger partial charge < -0.3 is 5.73 Å². The van der Waals surface area contributed by atoms with E-state index in [0.29, 0.717) is 12.6 Å². The molecule has 0 spiro atoms. The molecule has 0 bridgehead atoms. The van der Waals surface area contributed by atoms with Crippen LogP contribution in [0.15, 0.2) is 0 Å². The Kier molecular flexibility index (Phi) is 2.94. The van der Waals surface area contributed by atoms with Crippen LogP contribution in [-0.4, -0.2) is 21.3 Å². The number of rotatable bonds is 2. The lowest BCUT2D eigenvalue weighted by Gasteiger charge is -2.23. The second-order valence-corrected chi connectivity index (χ2v) is 5.94. The lowest BCUT2D eigenvalue weighted by Crippen LogP contribution is -2.18. The zero-order valence-electron chi connectivity index (χ0n) is 9.61. The summed E-state index contributed by atoms with van der Waals surface area (Å²) in [5.74, 6) is 2.58. The Hall–Kier alpha value is -0.480. The fraction of sp³-hybridized carbons (Fsp3) is 0.750. The molecule has 1 fully saturated rings. The maximum Gasteiger partial charge on any atom is 0.0795 e. The molecule has 1 aliphatic heterocycles. The lowest BCUT2D eigenvalue weighted by atomic mass is 10.1. The van der Waals surface area contributed by atoms with Crippen molar-refractivity contribution >= 4 is 11.8 Å². The van der Waals surface area contributed by atoms with Crippen LogP contribution in [0.5, 0.6) is 0 Å². The molecule has 0 radical (unpaired) electrons. The molecule has 0 atom stereocenters. The smallest absolute Gasteiger partial charge is 0.0795 e. The van der Waals surface area contributed by atoms with Crippen molar-refractivity contribution in [2.75, 3.05) is 11.5 Å². The molecule has 1 aromatic rings. The first-order chi connectivity index (χ1) is 7.90. The average molecular weight is 237 g/mol. The van der Waals surface area contributed by atoms with Crippen LogP contribution >= 0.6 is 11.8 Å². The van der Waals surface area contributed by atoms with Gasteiger partial charge in [0, 0.05) is 12.2 Å². The highest BCUT2D eigenvalue weighted by atomic mass is 32.2. The van der Waals surface area contributed by atoms with Gasteiger partial charge in [0.1, 0.15) is 0 Å². The van der Waals surface area contributed by atoms with E-state index in [-0.39, 0.29) is 0 Å². The number of hydrogen-bond acceptors (Lipinski definition) is 3. The molecule has 16 heavy (non-hydrogen) atoms. The number of hydrogen-bond donors (Lipinski definition) is 1. The maximum absolute atomic E-state index is 5.79. The van der Waals surface area contributed by atoms with Gasteiger partial charge in [-0.15, -0.1) is 0 Å². The van der Waals surface area contributed by atoms with Crippen molar-refractivity contribution in [2.45, 2.75) is 44.7 Å². The fourth-order valence-electron chi connectivity index (χ4n) is 2.94. The van der Waals surface area contributed by atoms with Crippen LogP contribution in [0, 0.1) is 0 Å². The third-order valence-corrected chi connectivity index (χ3v) is 4.82. The third kappa shape index (κ3) is 1.68. The molecule has 3 nitrogen and oxygen atoms in total. The molecule has 0 aromatic carbocycles. The van der Waals surface area contributed by atoms with E-state index in [1.54, 1.807) is 0 Å². The highest BCUT2D eigenvalue weighted by Gasteiger charge is 2.26. The summed E-state index contributed by atoms with van der Waals surface area (Å²) in [6.07, 6.45) is 6.27. The molecule has 4 heteroatoms. The van der Waals surface area contributed by atoms with Crippen molar-refractivity contribution in [3.8, 4) is 0 Å². The van der Waals surface area contributed by atoms with Crippen LogP contribution in [0.2, 0.25) is 0 Å². The summed E-state index contributed by atoms with van der Waals surface area (Å²) in [4.78, 5) is 0. The number of aromatic nitrogens is 2. The van der Waals surface area contributed by atoms with E-state index in [4.69, 9.17) is 10.8 Å². The second kappa shape index (κ2) is 4.41. The molecular weight excluding hydrogens is 218 g/mol. The van der Waals surface area contributed by atoms with Gasteiger partial charge in [0.2, 0.25) is 0 Å². The molecule has 3 rings (SSSR count). The Balaban J connectivity index is 1.94. The number of thioether (sulfide) groups is 1. The minimum Gasteiger partial charge on any atom is -0.325 e. The Labute approximate surface area is 101 Å². The SMILES string of the molecule is NCc1nn(C2CCSCC2)c2c1CCC2. The molecule has 2 heterocycles. The predicted molar refractivity (Wildman–Crippen MR) is 67.7 cm³/mol. The zero-order valence-corrected chi connectivity index (χ0v) is 10.4. The quantitative estimate of drug-likeness (QED) is 0.854. The van der Waals surface area contributed by atoms with E-state index in [0.717, 1.165) is 5.69 Å². The highest BCUT2D eigenvalue weighted by Crippen LogP contribution is 2.33. The van der Waals surface area contributed by atoms with Gasteiger partial charge >= 0.3 is 0 Å². The van der Waals surface area contributed by atoms with Crippen molar-refractivity contribution in [1.82, 2.24) is 9.78 Å². The van der Waals surface area contributed by atoms with Crippen molar-refractivity contribution in [2.24, 2.45) is 5.73 Å². The van der Waals surface area contributed by atoms with E-state index < -0.39 is 0 Å². The minimum atomic E-state index is 0.608. The number of nitrogens with two attached hydrogens (primary N) is 1. The van der Waals surface area contributed by atoms with Crippen molar-refractivity contribution in [3.63, 3.8) is 0 Å². The Bertz CT molecular complexity index is 380. The molecular formula is C12H19N3S. The third-order valence-electron chi connectivity index (χ3n) is 3.77. The summed E-state index contributed by atoms with van der Waals surface area (Å²) >= 11 is 2.07. The first-order valence-corrected chi connectivity index (χ1v) is 7.42. The van der Waals surface area contributed by atoms with Crippen LogP contribution < -0.4 is 5.73 Å². The summed E-state index contributed by atoms with van der Waals surface area (Å²) in [5, 5.41) is 4.76. The van der Waals surface area contributed by atoms with Crippen LogP contribution in [0.25, 0.3) is 0 Å². The monoisotopic (exact) mass is 237 g/mol. The molecule has 88 valence electrons. The Morgan fingerprint density at radius 2 is 2.12 bits per heavy atom. The van der Waals surface area contributed by atoms with Crippen LogP contribution in [0.3, 0.4) is 0 Å². The normalized spacial score (nSPS) is 21.3. The first kappa shape index (κ1) is 10.7. The summed E-state index contributed by atoms with van der Waals surface area (Å²) in [6.45, 7) is 0.608. The van der Waals surface area contributed by atoms with Gasteiger partial charge in [-0.3, -0.25) is 4.68 Å². The van der Waals surface area contributed by atoms with Crippen molar-refractivity contribution < 1.29 is 0 Å². The van der Waals surface area contributed by atoms with Gasteiger partial charge in [0.25, 0.3) is 0 Å². The molecule has 2 aliphatic rings. The Morgan fingerprint density at radius 1 is 1.31 bits per heavy atom. The summed E-state index contributed by atoms with van der Waals surface area (Å²) in [5.41, 5.74) is 9.91. The standard InChI is InChI=1S/C12H19N3S/c13-8-11-10-2-1-3-12(10)15(14-11)9-4-6-16-7-5-9/h9H,1-8,13H2. The van der Waals surface area contributed by atoms with Gasteiger partial charge in [-0.2, -0.15) is 16.9 Å². The fourth-order valence-corrected chi connectivity index (χ4v) is 4.02. The summed E-state index contributed by atoms with van der Waals surface area (Å²) in [7, 11) is 0. The molecule has 0 unspecified atom stereocenters. The molecule has 1 saturated heterocycles. The molecule has 0 saturated carbocycles. The predicted octanol–water partition coefficient (Wildman–Crippen LogP) is 1.90. The van der Waals surface area contributed by atoms with E-state index in [1.807, 2.05) is 0 Å². The van der Waals surface area contributed by atoms with Crippen molar-refractivity contribution in [3.05, 3.63) is 17.0 Å². The van der Waals surface area contributed by atoms with Crippen LogP contribution in [0.4, 0.5) is 0 Å². The minimum absolute atomic E-state index is 0.608. The van der Waals surface area contributed by atoms with Gasteiger partial charge in [-0.1, -0.05) is 0 Å². The topological polar surface area (TPSA) is 43.8 Å². The lowest BCUT2D eigenvalue weighted by molar-refractivity contribution is 0.411. The molecule has 1 aromatic heterocycles. The summed E-state index contributed by atoms with van der Waals surface area (Å²) in [6, 6.07) is 0.647. The first-order valence-electron chi connectivity index (χ1n) is 6.27. The average Bonchev–Trinajstić information content (AvgIpc) is 2.91. The summed E-state index contributed by atoms with van der Waals surface area (Å²) < 4.78 is 2.32. The van der Waals surface area contributed by atoms with Gasteiger partial charge in [0.15, 0.2) is 0 Å². The second-order valence-electron chi connectivity index (χ2n) is 4.72. The maximum atomic E-state index is 5.79. The molecule has 0 amide bonds. The van der Waals surface area contributed by atoms with E-state index in [1.165, 1.54) is 54.9 Å². The van der Waals surface area contributed by atoms with Crippen LogP contribution in [-0.2, 0) is 19.4 Å². The van der Waals surface area contributed by atoms with Gasteiger partial charge in [-0.05, 0) is 49.2 Å². The molecule has 2 N–H and O–H groups in total. The van der Waals surface area contributed by atoms with E-state index >= 15 is 0 Å². The van der Waals surface area contributed by atoms with Gasteiger partial charge in [0.05, 0.1) is 11.7 Å². The van der Waals surface area contributed by atoms with Crippen LogP contribution in [0.1, 0.15) is 42.3 Å². The highest BCUT2D eigenvalue weighted by molar-refractivity contribution is 7.99. The molecule has 1 aliphatic carbocycles. The largest absolute Gasteiger partial charge is 0.325 e. The van der Waals surface area contributed by atoms with Crippen molar-refractivity contribution in [1.29, 1.82) is 0 Å². The zero-order chi connectivity index (χ0) is 11.0. The number of nitrogens with zero attached hydrogens (tertiary/aromatic N) is 2. The van der Waals surface area contributed by atoms with E-state index in [2.05, 4.69) is 16.4 Å².